The van der Waals surface area contributed by atoms with Gasteiger partial charge in [0.1, 0.15) is 0 Å². The molecule has 0 saturated heterocycles. The van der Waals surface area contributed by atoms with Crippen LogP contribution in [-0.2, 0) is 5.41 Å². The van der Waals surface area contributed by atoms with Crippen LogP contribution in [-0.4, -0.2) is 0 Å². The summed E-state index contributed by atoms with van der Waals surface area (Å²) in [6.07, 6.45) is 0. The van der Waals surface area contributed by atoms with Gasteiger partial charge >= 0.3 is 0 Å². The lowest BCUT2D eigenvalue weighted by Gasteiger charge is -2.47. The molecule has 2 unspecified atom stereocenters. The molecule has 0 aliphatic heterocycles. The molecule has 23 heavy (non-hydrogen) atoms. The summed E-state index contributed by atoms with van der Waals surface area (Å²) in [4.78, 5) is 0. The van der Waals surface area contributed by atoms with E-state index in [1.54, 1.807) is 0 Å². The van der Waals surface area contributed by atoms with E-state index in [1.807, 2.05) is 0 Å². The molecule has 124 valence electrons. The standard InChI is InChI=1S/C23H32/c1-17(2)19-13-15-20(16-14-19)18(3)23(7,22(4,5)6)21-11-9-8-10-12-21/h8-18H,1-7H3. The summed E-state index contributed by atoms with van der Waals surface area (Å²) in [6.45, 7) is 16.4. The molecule has 0 fully saturated rings. The van der Waals surface area contributed by atoms with Crippen molar-refractivity contribution < 1.29 is 0 Å². The van der Waals surface area contributed by atoms with Gasteiger partial charge in [0.15, 0.2) is 0 Å². The second kappa shape index (κ2) is 6.51. The van der Waals surface area contributed by atoms with E-state index in [0.29, 0.717) is 11.8 Å². The molecule has 0 aromatic heterocycles. The van der Waals surface area contributed by atoms with Crippen LogP contribution in [0.5, 0.6) is 0 Å². The number of rotatable bonds is 4. The highest BCUT2D eigenvalue weighted by molar-refractivity contribution is 5.36. The van der Waals surface area contributed by atoms with Gasteiger partial charge in [0.05, 0.1) is 0 Å². The van der Waals surface area contributed by atoms with Crippen LogP contribution in [0.2, 0.25) is 0 Å². The quantitative estimate of drug-likeness (QED) is 0.575. The van der Waals surface area contributed by atoms with Crippen molar-refractivity contribution in [3.63, 3.8) is 0 Å². The predicted molar refractivity (Wildman–Crippen MR) is 102 cm³/mol. The van der Waals surface area contributed by atoms with Crippen molar-refractivity contribution >= 4 is 0 Å². The molecule has 0 heteroatoms. The number of hydrogen-bond donors (Lipinski definition) is 0. The Morgan fingerprint density at radius 2 is 1.13 bits per heavy atom. The lowest BCUT2D eigenvalue weighted by molar-refractivity contribution is 0.170. The Morgan fingerprint density at radius 3 is 1.57 bits per heavy atom. The van der Waals surface area contributed by atoms with Crippen molar-refractivity contribution in [3.05, 3.63) is 71.3 Å². The largest absolute Gasteiger partial charge is 0.0622 e. The Kier molecular flexibility index (Phi) is 5.04. The molecular formula is C23H32. The Bertz CT molecular complexity index is 613. The molecule has 0 aliphatic carbocycles. The second-order valence-electron chi connectivity index (χ2n) is 8.36. The highest BCUT2D eigenvalue weighted by Gasteiger charge is 2.43. The van der Waals surface area contributed by atoms with Crippen molar-refractivity contribution in [3.8, 4) is 0 Å². The third-order valence-electron chi connectivity index (χ3n) is 5.90. The summed E-state index contributed by atoms with van der Waals surface area (Å²) in [5.41, 5.74) is 4.51. The van der Waals surface area contributed by atoms with Crippen LogP contribution in [0, 0.1) is 5.41 Å². The van der Waals surface area contributed by atoms with Crippen molar-refractivity contribution in [2.45, 2.75) is 65.7 Å². The maximum Gasteiger partial charge on any atom is 0.00391 e. The SMILES string of the molecule is CC(C)c1ccc(C(C)C(C)(c2ccccc2)C(C)(C)C)cc1. The van der Waals surface area contributed by atoms with Crippen LogP contribution < -0.4 is 0 Å². The van der Waals surface area contributed by atoms with E-state index in [2.05, 4.69) is 103 Å². The fourth-order valence-corrected chi connectivity index (χ4v) is 3.62. The highest BCUT2D eigenvalue weighted by atomic mass is 14.5. The molecule has 0 saturated carbocycles. The molecule has 2 aromatic carbocycles. The van der Waals surface area contributed by atoms with Gasteiger partial charge in [-0.3, -0.25) is 0 Å². The second-order valence-corrected chi connectivity index (χ2v) is 8.36. The van der Waals surface area contributed by atoms with Gasteiger partial charge in [-0.2, -0.15) is 0 Å². The molecular weight excluding hydrogens is 276 g/mol. The molecule has 2 aromatic rings. The fraction of sp³-hybridized carbons (Fsp3) is 0.478. The van der Waals surface area contributed by atoms with E-state index >= 15 is 0 Å². The van der Waals surface area contributed by atoms with Crippen LogP contribution in [0.15, 0.2) is 54.6 Å². The Morgan fingerprint density at radius 1 is 0.652 bits per heavy atom. The van der Waals surface area contributed by atoms with Crippen molar-refractivity contribution in [1.29, 1.82) is 0 Å². The van der Waals surface area contributed by atoms with Gasteiger partial charge in [0.25, 0.3) is 0 Å². The topological polar surface area (TPSA) is 0 Å². The van der Waals surface area contributed by atoms with Gasteiger partial charge in [0, 0.05) is 5.41 Å². The van der Waals surface area contributed by atoms with E-state index in [9.17, 15) is 0 Å². The first-order valence-electron chi connectivity index (χ1n) is 8.83. The highest BCUT2D eigenvalue weighted by Crippen LogP contribution is 2.50. The fourth-order valence-electron chi connectivity index (χ4n) is 3.62. The normalized spacial score (nSPS) is 16.2. The molecule has 0 spiro atoms. The third-order valence-corrected chi connectivity index (χ3v) is 5.90. The summed E-state index contributed by atoms with van der Waals surface area (Å²) in [7, 11) is 0. The van der Waals surface area contributed by atoms with Crippen molar-refractivity contribution in [2.75, 3.05) is 0 Å². The minimum absolute atomic E-state index is 0.0770. The summed E-state index contributed by atoms with van der Waals surface area (Å²) in [5.74, 6) is 1.04. The smallest absolute Gasteiger partial charge is 0.00391 e. The average Bonchev–Trinajstić information content (AvgIpc) is 2.53. The van der Waals surface area contributed by atoms with Crippen molar-refractivity contribution in [1.82, 2.24) is 0 Å². The van der Waals surface area contributed by atoms with Crippen LogP contribution in [0.4, 0.5) is 0 Å². The first kappa shape index (κ1) is 17.8. The summed E-state index contributed by atoms with van der Waals surface area (Å²) in [6, 6.07) is 20.2. The molecule has 2 atom stereocenters. The number of hydrogen-bond acceptors (Lipinski definition) is 0. The lowest BCUT2D eigenvalue weighted by atomic mass is 9.56. The maximum absolute atomic E-state index is 2.42. The molecule has 0 amide bonds. The van der Waals surface area contributed by atoms with E-state index in [4.69, 9.17) is 0 Å². The van der Waals surface area contributed by atoms with Crippen LogP contribution in [0.1, 0.15) is 77.0 Å². The Hall–Kier alpha value is -1.56. The lowest BCUT2D eigenvalue weighted by Crippen LogP contribution is -2.41. The van der Waals surface area contributed by atoms with E-state index < -0.39 is 0 Å². The van der Waals surface area contributed by atoms with Crippen LogP contribution in [0.3, 0.4) is 0 Å². The predicted octanol–water partition coefficient (Wildman–Crippen LogP) is 6.92. The molecule has 0 N–H and O–H groups in total. The third kappa shape index (κ3) is 3.37. The van der Waals surface area contributed by atoms with Gasteiger partial charge in [-0.05, 0) is 33.9 Å². The zero-order valence-electron chi connectivity index (χ0n) is 15.9. The minimum atomic E-state index is 0.0770. The average molecular weight is 309 g/mol. The zero-order chi connectivity index (χ0) is 17.3. The summed E-state index contributed by atoms with van der Waals surface area (Å²) < 4.78 is 0. The van der Waals surface area contributed by atoms with Crippen LogP contribution in [0.25, 0.3) is 0 Å². The Labute approximate surface area is 143 Å². The summed E-state index contributed by atoms with van der Waals surface area (Å²) in [5, 5.41) is 0. The first-order chi connectivity index (χ1) is 10.7. The van der Waals surface area contributed by atoms with E-state index in [-0.39, 0.29) is 10.8 Å². The van der Waals surface area contributed by atoms with Gasteiger partial charge < -0.3 is 0 Å². The molecule has 0 heterocycles. The molecule has 0 nitrogen and oxygen atoms in total. The molecule has 0 aliphatic rings. The number of benzene rings is 2. The molecule has 0 radical (unpaired) electrons. The van der Waals surface area contributed by atoms with Gasteiger partial charge in [-0.15, -0.1) is 0 Å². The maximum atomic E-state index is 2.42. The zero-order valence-corrected chi connectivity index (χ0v) is 15.9. The Balaban J connectivity index is 2.48. The van der Waals surface area contributed by atoms with E-state index in [1.165, 1.54) is 16.7 Å². The van der Waals surface area contributed by atoms with Crippen LogP contribution >= 0.6 is 0 Å². The molecule has 2 rings (SSSR count). The summed E-state index contributed by atoms with van der Waals surface area (Å²) >= 11 is 0. The van der Waals surface area contributed by atoms with E-state index in [0.717, 1.165) is 0 Å². The molecule has 0 bridgehead atoms. The minimum Gasteiger partial charge on any atom is -0.0622 e. The van der Waals surface area contributed by atoms with Crippen molar-refractivity contribution in [2.24, 2.45) is 5.41 Å². The van der Waals surface area contributed by atoms with Gasteiger partial charge in [-0.25, -0.2) is 0 Å². The van der Waals surface area contributed by atoms with Gasteiger partial charge in [0.2, 0.25) is 0 Å². The first-order valence-corrected chi connectivity index (χ1v) is 8.83. The monoisotopic (exact) mass is 308 g/mol. The van der Waals surface area contributed by atoms with Gasteiger partial charge in [-0.1, -0.05) is 103 Å².